The van der Waals surface area contributed by atoms with Gasteiger partial charge in [-0.25, -0.2) is 4.39 Å². The van der Waals surface area contributed by atoms with Crippen molar-refractivity contribution in [2.75, 3.05) is 13.6 Å². The van der Waals surface area contributed by atoms with E-state index < -0.39 is 0 Å². The zero-order valence-corrected chi connectivity index (χ0v) is 12.7. The van der Waals surface area contributed by atoms with Crippen molar-refractivity contribution in [2.24, 2.45) is 5.92 Å². The Morgan fingerprint density at radius 1 is 1.09 bits per heavy atom. The number of fused-ring (bicyclic) bond motifs is 3. The molecule has 0 amide bonds. The van der Waals surface area contributed by atoms with Crippen LogP contribution in [0.1, 0.15) is 41.5 Å². The Morgan fingerprint density at radius 2 is 1.91 bits per heavy atom. The molecule has 2 aromatic rings. The number of hydrogen-bond donors (Lipinski definition) is 1. The number of halogens is 1. The highest BCUT2D eigenvalue weighted by Crippen LogP contribution is 2.55. The van der Waals surface area contributed by atoms with Gasteiger partial charge < -0.3 is 5.11 Å². The summed E-state index contributed by atoms with van der Waals surface area (Å²) in [6, 6.07) is 13.0. The van der Waals surface area contributed by atoms with Gasteiger partial charge in [-0.15, -0.1) is 0 Å². The van der Waals surface area contributed by atoms with Crippen molar-refractivity contribution < 1.29 is 9.50 Å². The van der Waals surface area contributed by atoms with Crippen LogP contribution in [0.3, 0.4) is 0 Å². The van der Waals surface area contributed by atoms with Crippen molar-refractivity contribution in [3.63, 3.8) is 0 Å². The molecule has 114 valence electrons. The van der Waals surface area contributed by atoms with Crippen molar-refractivity contribution >= 4 is 0 Å². The summed E-state index contributed by atoms with van der Waals surface area (Å²) in [5, 5.41) is 9.89. The van der Waals surface area contributed by atoms with Gasteiger partial charge in [-0.05, 0) is 67.2 Å². The van der Waals surface area contributed by atoms with Gasteiger partial charge in [0.15, 0.2) is 0 Å². The molecule has 1 aliphatic heterocycles. The van der Waals surface area contributed by atoms with Crippen LogP contribution in [-0.2, 0) is 0 Å². The maximum Gasteiger partial charge on any atom is 0.127 e. The predicted molar refractivity (Wildman–Crippen MR) is 84.4 cm³/mol. The molecule has 0 aromatic heterocycles. The molecule has 3 atom stereocenters. The maximum atomic E-state index is 14.4. The molecule has 1 fully saturated rings. The van der Waals surface area contributed by atoms with Crippen LogP contribution >= 0.6 is 0 Å². The van der Waals surface area contributed by atoms with Crippen molar-refractivity contribution in [3.05, 3.63) is 65.0 Å². The molecule has 1 N–H and O–H groups in total. The van der Waals surface area contributed by atoms with Gasteiger partial charge in [-0.3, -0.25) is 4.90 Å². The summed E-state index contributed by atoms with van der Waals surface area (Å²) >= 11 is 0. The minimum atomic E-state index is -0.125. The summed E-state index contributed by atoms with van der Waals surface area (Å²) in [5.74, 6) is 0.642. The molecular weight excluding hydrogens is 277 g/mol. The summed E-state index contributed by atoms with van der Waals surface area (Å²) < 4.78 is 14.4. The van der Waals surface area contributed by atoms with E-state index in [4.69, 9.17) is 0 Å². The van der Waals surface area contributed by atoms with Gasteiger partial charge >= 0.3 is 0 Å². The Bertz CT molecular complexity index is 714. The Kier molecular flexibility index (Phi) is 3.19. The van der Waals surface area contributed by atoms with Gasteiger partial charge in [0.2, 0.25) is 0 Å². The fraction of sp³-hybridized carbons (Fsp3) is 0.368. The lowest BCUT2D eigenvalue weighted by Gasteiger charge is -2.37. The highest BCUT2D eigenvalue weighted by molar-refractivity contribution is 5.49. The molecular formula is C19H20FNO. The molecule has 0 bridgehead atoms. The molecule has 1 aliphatic carbocycles. The van der Waals surface area contributed by atoms with Crippen LogP contribution in [0.5, 0.6) is 5.75 Å². The largest absolute Gasteiger partial charge is 0.508 e. The smallest absolute Gasteiger partial charge is 0.127 e. The molecule has 2 nitrogen and oxygen atoms in total. The van der Waals surface area contributed by atoms with Gasteiger partial charge in [0.1, 0.15) is 11.6 Å². The molecule has 22 heavy (non-hydrogen) atoms. The summed E-state index contributed by atoms with van der Waals surface area (Å²) in [6.45, 7) is 1.06. The first-order valence-electron chi connectivity index (χ1n) is 7.94. The molecule has 0 saturated carbocycles. The second-order valence-electron chi connectivity index (χ2n) is 6.54. The number of benzene rings is 2. The molecule has 4 rings (SSSR count). The molecule has 3 unspecified atom stereocenters. The third kappa shape index (κ3) is 1.96. The summed E-state index contributed by atoms with van der Waals surface area (Å²) in [5.41, 5.74) is 3.13. The number of hydrogen-bond acceptors (Lipinski definition) is 2. The van der Waals surface area contributed by atoms with Gasteiger partial charge in [0.25, 0.3) is 0 Å². The number of rotatable bonds is 1. The number of phenolic OH excluding ortho intramolecular Hbond substituents is 1. The Labute approximate surface area is 130 Å². The first-order valence-corrected chi connectivity index (χ1v) is 7.94. The third-order valence-electron chi connectivity index (χ3n) is 5.32. The Morgan fingerprint density at radius 3 is 2.73 bits per heavy atom. The fourth-order valence-electron chi connectivity index (χ4n) is 4.47. The standard InChI is InChI=1S/C19H20FNO/c1-21-10-4-6-15-18(14-5-2-3-7-17(14)20)13-9-8-12(22)11-16(13)19(15)21/h2-3,5,7-9,11,15,18-19,22H,4,6,10H2,1H3. The molecule has 0 spiro atoms. The van der Waals surface area contributed by atoms with Crippen LogP contribution in [0.15, 0.2) is 42.5 Å². The average Bonchev–Trinajstić information content (AvgIpc) is 2.82. The average molecular weight is 297 g/mol. The molecule has 2 aromatic carbocycles. The van der Waals surface area contributed by atoms with Crippen molar-refractivity contribution in [2.45, 2.75) is 24.8 Å². The summed E-state index contributed by atoms with van der Waals surface area (Å²) in [6.07, 6.45) is 2.24. The lowest BCUT2D eigenvalue weighted by molar-refractivity contribution is 0.126. The van der Waals surface area contributed by atoms with Gasteiger partial charge in [-0.2, -0.15) is 0 Å². The zero-order chi connectivity index (χ0) is 15.3. The highest BCUT2D eigenvalue weighted by Gasteiger charge is 2.45. The molecule has 0 radical (unpaired) electrons. The van der Waals surface area contributed by atoms with Gasteiger partial charge in [-0.1, -0.05) is 24.3 Å². The minimum Gasteiger partial charge on any atom is -0.508 e. The SMILES string of the molecule is CN1CCCC2C(c3ccccc3F)c3ccc(O)cc3C21. The number of piperidine rings is 1. The number of likely N-dealkylation sites (tertiary alicyclic amines) is 1. The van der Waals surface area contributed by atoms with Crippen molar-refractivity contribution in [3.8, 4) is 5.75 Å². The van der Waals surface area contributed by atoms with E-state index in [0.717, 1.165) is 24.9 Å². The van der Waals surface area contributed by atoms with E-state index in [2.05, 4.69) is 11.9 Å². The number of nitrogens with zero attached hydrogens (tertiary/aromatic N) is 1. The third-order valence-corrected chi connectivity index (χ3v) is 5.32. The monoisotopic (exact) mass is 297 g/mol. The summed E-state index contributed by atoms with van der Waals surface area (Å²) in [4.78, 5) is 2.35. The van der Waals surface area contributed by atoms with E-state index in [1.165, 1.54) is 11.1 Å². The molecule has 1 heterocycles. The molecule has 2 aliphatic rings. The van der Waals surface area contributed by atoms with Crippen LogP contribution in [0, 0.1) is 11.7 Å². The minimum absolute atomic E-state index is 0.0875. The Balaban J connectivity index is 1.90. The van der Waals surface area contributed by atoms with Crippen LogP contribution in [0.4, 0.5) is 4.39 Å². The van der Waals surface area contributed by atoms with Crippen molar-refractivity contribution in [1.29, 1.82) is 0 Å². The first kappa shape index (κ1) is 13.8. The van der Waals surface area contributed by atoms with Crippen LogP contribution in [0.2, 0.25) is 0 Å². The van der Waals surface area contributed by atoms with E-state index in [9.17, 15) is 9.50 Å². The second-order valence-corrected chi connectivity index (χ2v) is 6.54. The maximum absolute atomic E-state index is 14.4. The highest BCUT2D eigenvalue weighted by atomic mass is 19.1. The van der Waals surface area contributed by atoms with Crippen molar-refractivity contribution in [1.82, 2.24) is 4.90 Å². The normalized spacial score (nSPS) is 27.5. The molecule has 3 heteroatoms. The van der Waals surface area contributed by atoms with E-state index in [0.29, 0.717) is 11.7 Å². The van der Waals surface area contributed by atoms with E-state index in [-0.39, 0.29) is 17.8 Å². The fourth-order valence-corrected chi connectivity index (χ4v) is 4.47. The molecule has 1 saturated heterocycles. The summed E-state index contributed by atoms with van der Waals surface area (Å²) in [7, 11) is 2.13. The lowest BCUT2D eigenvalue weighted by atomic mass is 9.80. The zero-order valence-electron chi connectivity index (χ0n) is 12.7. The van der Waals surface area contributed by atoms with Crippen LogP contribution in [0.25, 0.3) is 0 Å². The first-order chi connectivity index (χ1) is 10.7. The predicted octanol–water partition coefficient (Wildman–Crippen LogP) is 4.06. The van der Waals surface area contributed by atoms with Crippen LogP contribution in [-0.4, -0.2) is 23.6 Å². The topological polar surface area (TPSA) is 23.5 Å². The Hall–Kier alpha value is -1.87. The number of phenols is 1. The number of aromatic hydroxyl groups is 1. The lowest BCUT2D eigenvalue weighted by Crippen LogP contribution is -2.35. The van der Waals surface area contributed by atoms with E-state index in [1.807, 2.05) is 24.3 Å². The van der Waals surface area contributed by atoms with Crippen LogP contribution < -0.4 is 0 Å². The van der Waals surface area contributed by atoms with Gasteiger partial charge in [0.05, 0.1) is 0 Å². The van der Waals surface area contributed by atoms with E-state index >= 15 is 0 Å². The van der Waals surface area contributed by atoms with Gasteiger partial charge in [0, 0.05) is 12.0 Å². The van der Waals surface area contributed by atoms with E-state index in [1.54, 1.807) is 18.2 Å². The second kappa shape index (κ2) is 5.10. The quantitative estimate of drug-likeness (QED) is 0.858.